The molecule has 9 heteroatoms. The summed E-state index contributed by atoms with van der Waals surface area (Å²) in [6.07, 6.45) is 1.58. The number of methoxy groups -OCH3 is 1. The highest BCUT2D eigenvalue weighted by Crippen LogP contribution is 2.23. The lowest BCUT2D eigenvalue weighted by Crippen LogP contribution is -2.33. The maximum Gasteiger partial charge on any atom is 0.243 e. The summed E-state index contributed by atoms with van der Waals surface area (Å²) in [5, 5.41) is 2.97. The van der Waals surface area contributed by atoms with Crippen molar-refractivity contribution in [1.29, 1.82) is 0 Å². The van der Waals surface area contributed by atoms with Gasteiger partial charge in [0, 0.05) is 52.2 Å². The van der Waals surface area contributed by atoms with Gasteiger partial charge in [0.2, 0.25) is 15.9 Å². The molecule has 1 heterocycles. The van der Waals surface area contributed by atoms with Crippen molar-refractivity contribution in [3.05, 3.63) is 24.0 Å². The van der Waals surface area contributed by atoms with Gasteiger partial charge in [-0.15, -0.1) is 0 Å². The zero-order valence-electron chi connectivity index (χ0n) is 18.6. The van der Waals surface area contributed by atoms with Crippen LogP contribution in [0.4, 0.5) is 0 Å². The van der Waals surface area contributed by atoms with Crippen LogP contribution in [0, 0.1) is 0 Å². The maximum atomic E-state index is 12.8. The number of hydrogen-bond acceptors (Lipinski definition) is 5. The number of rotatable bonds is 12. The summed E-state index contributed by atoms with van der Waals surface area (Å²) in [5.41, 5.74) is 1.51. The Bertz CT molecular complexity index is 951. The van der Waals surface area contributed by atoms with Crippen LogP contribution in [0.3, 0.4) is 0 Å². The molecule has 30 heavy (non-hydrogen) atoms. The number of ether oxygens (including phenoxy) is 1. The first-order valence-corrected chi connectivity index (χ1v) is 12.0. The second-order valence-corrected chi connectivity index (χ2v) is 9.20. The van der Waals surface area contributed by atoms with Crippen molar-refractivity contribution in [2.24, 2.45) is 0 Å². The third kappa shape index (κ3) is 5.59. The van der Waals surface area contributed by atoms with E-state index in [4.69, 9.17) is 4.74 Å². The first-order chi connectivity index (χ1) is 14.3. The molecule has 1 aromatic heterocycles. The van der Waals surface area contributed by atoms with Crippen LogP contribution in [-0.4, -0.2) is 61.0 Å². The van der Waals surface area contributed by atoms with Crippen LogP contribution in [0.1, 0.15) is 46.4 Å². The molecule has 0 saturated carbocycles. The second kappa shape index (κ2) is 10.9. The molecule has 0 aliphatic rings. The van der Waals surface area contributed by atoms with Crippen molar-refractivity contribution in [3.8, 4) is 0 Å². The van der Waals surface area contributed by atoms with Crippen molar-refractivity contribution in [2.75, 3.05) is 26.8 Å². The van der Waals surface area contributed by atoms with E-state index in [0.29, 0.717) is 44.6 Å². The molecule has 8 nitrogen and oxygen atoms in total. The molecule has 0 spiro atoms. The van der Waals surface area contributed by atoms with Crippen molar-refractivity contribution >= 4 is 27.0 Å². The molecule has 1 unspecified atom stereocenters. The number of carbonyl (C=O) groups excluding carboxylic acids is 1. The molecule has 168 valence electrons. The number of amides is 1. The zero-order valence-corrected chi connectivity index (χ0v) is 19.5. The van der Waals surface area contributed by atoms with Crippen LogP contribution < -0.4 is 5.32 Å². The van der Waals surface area contributed by atoms with Crippen molar-refractivity contribution in [3.63, 3.8) is 0 Å². The van der Waals surface area contributed by atoms with E-state index in [-0.39, 0.29) is 16.8 Å². The molecular weight excluding hydrogens is 404 g/mol. The minimum atomic E-state index is -3.54. The maximum absolute atomic E-state index is 12.8. The van der Waals surface area contributed by atoms with Crippen LogP contribution in [-0.2, 0) is 32.5 Å². The summed E-state index contributed by atoms with van der Waals surface area (Å²) < 4.78 is 34.1. The number of sulfonamides is 1. The average molecular weight is 439 g/mol. The fraction of sp³-hybridized carbons (Fsp3) is 0.619. The van der Waals surface area contributed by atoms with Gasteiger partial charge in [-0.1, -0.05) is 13.8 Å². The Morgan fingerprint density at radius 2 is 1.97 bits per heavy atom. The molecule has 0 radical (unpaired) electrons. The molecule has 1 aromatic carbocycles. The Hall–Kier alpha value is -1.97. The number of fused-ring (bicyclic) bond motifs is 1. The van der Waals surface area contributed by atoms with Gasteiger partial charge < -0.3 is 14.6 Å². The molecule has 0 saturated heterocycles. The smallest absolute Gasteiger partial charge is 0.243 e. The molecule has 2 rings (SSSR count). The van der Waals surface area contributed by atoms with E-state index in [1.54, 1.807) is 25.3 Å². The molecule has 0 aliphatic carbocycles. The first kappa shape index (κ1) is 24.3. The molecule has 2 aromatic rings. The van der Waals surface area contributed by atoms with Gasteiger partial charge in [-0.3, -0.25) is 4.79 Å². The summed E-state index contributed by atoms with van der Waals surface area (Å²) in [6, 6.07) is 5.12. The van der Waals surface area contributed by atoms with E-state index in [1.165, 1.54) is 4.31 Å². The first-order valence-electron chi connectivity index (χ1n) is 10.6. The van der Waals surface area contributed by atoms with Gasteiger partial charge in [-0.2, -0.15) is 4.31 Å². The van der Waals surface area contributed by atoms with Gasteiger partial charge >= 0.3 is 0 Å². The Kier molecular flexibility index (Phi) is 8.81. The average Bonchev–Trinajstić information content (AvgIpc) is 3.08. The Morgan fingerprint density at radius 3 is 2.57 bits per heavy atom. The molecule has 0 aliphatic heterocycles. The molecule has 1 atom stereocenters. The fourth-order valence-corrected chi connectivity index (χ4v) is 4.99. The van der Waals surface area contributed by atoms with Gasteiger partial charge in [0.15, 0.2) is 0 Å². The number of aromatic nitrogens is 2. The summed E-state index contributed by atoms with van der Waals surface area (Å²) in [4.78, 5) is 17.2. The van der Waals surface area contributed by atoms with E-state index in [1.807, 2.05) is 32.3 Å². The van der Waals surface area contributed by atoms with E-state index in [2.05, 4.69) is 10.3 Å². The Balaban J connectivity index is 2.21. The minimum absolute atomic E-state index is 0.0295. The standard InChI is InChI=1S/C21H34N4O4S/c1-6-24(7-2)30(27,28)17-9-10-19-18(15-17)23-20(25(19)8-3)11-12-21(26)22-16(4)13-14-29-5/h9-10,15-16H,6-8,11-14H2,1-5H3,(H,22,26). The van der Waals surface area contributed by atoms with Crippen LogP contribution in [0.25, 0.3) is 11.0 Å². The molecule has 0 bridgehead atoms. The number of carbonyl (C=O) groups is 1. The largest absolute Gasteiger partial charge is 0.385 e. The van der Waals surface area contributed by atoms with E-state index in [0.717, 1.165) is 17.8 Å². The zero-order chi connectivity index (χ0) is 22.3. The number of aryl methyl sites for hydroxylation is 2. The van der Waals surface area contributed by atoms with Gasteiger partial charge in [0.05, 0.1) is 15.9 Å². The van der Waals surface area contributed by atoms with Crippen LogP contribution in [0.15, 0.2) is 23.1 Å². The number of nitrogens with zero attached hydrogens (tertiary/aromatic N) is 3. The van der Waals surface area contributed by atoms with E-state index < -0.39 is 10.0 Å². The number of nitrogens with one attached hydrogen (secondary N) is 1. The summed E-state index contributed by atoms with van der Waals surface area (Å²) in [6.45, 7) is 9.75. The lowest BCUT2D eigenvalue weighted by molar-refractivity contribution is -0.121. The molecule has 1 amide bonds. The SMILES string of the molecule is CCN(CC)S(=O)(=O)c1ccc2c(c1)nc(CCC(=O)NC(C)CCOC)n2CC. The van der Waals surface area contributed by atoms with Crippen LogP contribution in [0.2, 0.25) is 0 Å². The summed E-state index contributed by atoms with van der Waals surface area (Å²) in [7, 11) is -1.90. The molecule has 1 N–H and O–H groups in total. The summed E-state index contributed by atoms with van der Waals surface area (Å²) in [5.74, 6) is 0.752. The van der Waals surface area contributed by atoms with Crippen molar-refractivity contribution in [2.45, 2.75) is 64.4 Å². The van der Waals surface area contributed by atoms with Crippen molar-refractivity contribution in [1.82, 2.24) is 19.2 Å². The van der Waals surface area contributed by atoms with Gasteiger partial charge in [-0.25, -0.2) is 13.4 Å². The Labute approximate surface area is 179 Å². The van der Waals surface area contributed by atoms with Gasteiger partial charge in [-0.05, 0) is 38.5 Å². The normalized spacial score (nSPS) is 13.1. The third-order valence-corrected chi connectivity index (χ3v) is 7.24. The topological polar surface area (TPSA) is 93.5 Å². The number of benzene rings is 1. The predicted molar refractivity (Wildman–Crippen MR) is 118 cm³/mol. The predicted octanol–water partition coefficient (Wildman–Crippen LogP) is 2.56. The van der Waals surface area contributed by atoms with Crippen LogP contribution in [0.5, 0.6) is 0 Å². The summed E-state index contributed by atoms with van der Waals surface area (Å²) >= 11 is 0. The molecular formula is C21H34N4O4S. The highest BCUT2D eigenvalue weighted by atomic mass is 32.2. The third-order valence-electron chi connectivity index (χ3n) is 5.20. The number of imidazole rings is 1. The second-order valence-electron chi connectivity index (χ2n) is 7.26. The number of hydrogen-bond donors (Lipinski definition) is 1. The lowest BCUT2D eigenvalue weighted by Gasteiger charge is -2.18. The quantitative estimate of drug-likeness (QED) is 0.550. The highest BCUT2D eigenvalue weighted by Gasteiger charge is 2.23. The molecule has 0 fully saturated rings. The van der Waals surface area contributed by atoms with E-state index >= 15 is 0 Å². The minimum Gasteiger partial charge on any atom is -0.385 e. The van der Waals surface area contributed by atoms with E-state index in [9.17, 15) is 13.2 Å². The van der Waals surface area contributed by atoms with Gasteiger partial charge in [0.25, 0.3) is 0 Å². The van der Waals surface area contributed by atoms with Crippen LogP contribution >= 0.6 is 0 Å². The highest BCUT2D eigenvalue weighted by molar-refractivity contribution is 7.89. The fourth-order valence-electron chi connectivity index (χ4n) is 3.52. The van der Waals surface area contributed by atoms with Crippen molar-refractivity contribution < 1.29 is 17.9 Å². The monoisotopic (exact) mass is 438 g/mol. The van der Waals surface area contributed by atoms with Gasteiger partial charge in [0.1, 0.15) is 5.82 Å². The lowest BCUT2D eigenvalue weighted by atomic mass is 10.2. The Morgan fingerprint density at radius 1 is 1.27 bits per heavy atom.